The van der Waals surface area contributed by atoms with E-state index in [2.05, 4.69) is 0 Å². The fourth-order valence-corrected chi connectivity index (χ4v) is 0.778. The SMILES string of the molecule is Cl.NC/C=C/c1ccc(F)cc1. The molecule has 1 nitrogen and oxygen atoms in total. The minimum atomic E-state index is -0.213. The lowest BCUT2D eigenvalue weighted by Crippen LogP contribution is -1.91. The van der Waals surface area contributed by atoms with Crippen molar-refractivity contribution in [2.75, 3.05) is 6.54 Å². The largest absolute Gasteiger partial charge is 0.327 e. The van der Waals surface area contributed by atoms with E-state index in [0.29, 0.717) is 6.54 Å². The summed E-state index contributed by atoms with van der Waals surface area (Å²) in [5, 5.41) is 0. The Morgan fingerprint density at radius 1 is 1.25 bits per heavy atom. The van der Waals surface area contributed by atoms with E-state index in [1.165, 1.54) is 12.1 Å². The van der Waals surface area contributed by atoms with Crippen LogP contribution in [0.5, 0.6) is 0 Å². The summed E-state index contributed by atoms with van der Waals surface area (Å²) in [5.41, 5.74) is 6.21. The molecule has 1 aromatic carbocycles. The highest BCUT2D eigenvalue weighted by Gasteiger charge is 1.86. The first-order valence-corrected chi connectivity index (χ1v) is 3.45. The van der Waals surface area contributed by atoms with Crippen molar-refractivity contribution in [3.8, 4) is 0 Å². The molecule has 2 N–H and O–H groups in total. The molecule has 3 heteroatoms. The number of hydrogen-bond donors (Lipinski definition) is 1. The van der Waals surface area contributed by atoms with Crippen molar-refractivity contribution in [3.05, 3.63) is 41.7 Å². The van der Waals surface area contributed by atoms with Gasteiger partial charge in [0.2, 0.25) is 0 Å². The van der Waals surface area contributed by atoms with Crippen LogP contribution in [-0.4, -0.2) is 6.54 Å². The van der Waals surface area contributed by atoms with Gasteiger partial charge in [0, 0.05) is 6.54 Å². The zero-order valence-electron chi connectivity index (χ0n) is 6.53. The average molecular weight is 188 g/mol. The van der Waals surface area contributed by atoms with Crippen LogP contribution in [0.25, 0.3) is 6.08 Å². The van der Waals surface area contributed by atoms with Crippen LogP contribution in [-0.2, 0) is 0 Å². The molecule has 12 heavy (non-hydrogen) atoms. The molecule has 0 bridgehead atoms. The number of benzene rings is 1. The summed E-state index contributed by atoms with van der Waals surface area (Å²) in [6.07, 6.45) is 3.69. The molecule has 0 spiro atoms. The molecule has 0 heterocycles. The van der Waals surface area contributed by atoms with Gasteiger partial charge in [-0.1, -0.05) is 24.3 Å². The smallest absolute Gasteiger partial charge is 0.123 e. The maximum absolute atomic E-state index is 12.4. The number of rotatable bonds is 2. The first-order valence-electron chi connectivity index (χ1n) is 3.45. The Labute approximate surface area is 77.5 Å². The quantitative estimate of drug-likeness (QED) is 0.755. The van der Waals surface area contributed by atoms with Crippen LogP contribution in [0.15, 0.2) is 30.3 Å². The molecule has 0 unspecified atom stereocenters. The number of nitrogens with two attached hydrogens (primary N) is 1. The van der Waals surface area contributed by atoms with Crippen LogP contribution in [0.2, 0.25) is 0 Å². The predicted octanol–water partition coefficient (Wildman–Crippen LogP) is 2.22. The van der Waals surface area contributed by atoms with Crippen LogP contribution < -0.4 is 5.73 Å². The lowest BCUT2D eigenvalue weighted by Gasteiger charge is -1.91. The van der Waals surface area contributed by atoms with Crippen molar-refractivity contribution in [3.63, 3.8) is 0 Å². The summed E-state index contributed by atoms with van der Waals surface area (Å²) in [7, 11) is 0. The molecule has 0 saturated heterocycles. The standard InChI is InChI=1S/C9H10FN.ClH/c10-9-5-3-8(4-6-9)2-1-7-11;/h1-6H,7,11H2;1H/b2-1+;. The Morgan fingerprint density at radius 2 is 1.83 bits per heavy atom. The highest BCUT2D eigenvalue weighted by molar-refractivity contribution is 5.85. The maximum atomic E-state index is 12.4. The van der Waals surface area contributed by atoms with Crippen LogP contribution in [0.1, 0.15) is 5.56 Å². The van der Waals surface area contributed by atoms with Gasteiger partial charge in [-0.25, -0.2) is 4.39 Å². The van der Waals surface area contributed by atoms with Gasteiger partial charge in [0.05, 0.1) is 0 Å². The van der Waals surface area contributed by atoms with E-state index < -0.39 is 0 Å². The zero-order valence-corrected chi connectivity index (χ0v) is 7.35. The van der Waals surface area contributed by atoms with Gasteiger partial charge in [-0.05, 0) is 17.7 Å². The normalized spacial score (nSPS) is 9.83. The van der Waals surface area contributed by atoms with Gasteiger partial charge in [0.15, 0.2) is 0 Å². The van der Waals surface area contributed by atoms with Crippen LogP contribution >= 0.6 is 12.4 Å². The highest BCUT2D eigenvalue weighted by atomic mass is 35.5. The van der Waals surface area contributed by atoms with Crippen LogP contribution in [0.3, 0.4) is 0 Å². The monoisotopic (exact) mass is 187 g/mol. The van der Waals surface area contributed by atoms with E-state index >= 15 is 0 Å². The van der Waals surface area contributed by atoms with Crippen LogP contribution in [0.4, 0.5) is 4.39 Å². The summed E-state index contributed by atoms with van der Waals surface area (Å²) in [5.74, 6) is -0.213. The summed E-state index contributed by atoms with van der Waals surface area (Å²) in [6.45, 7) is 0.511. The summed E-state index contributed by atoms with van der Waals surface area (Å²) in [4.78, 5) is 0. The van der Waals surface area contributed by atoms with Crippen LogP contribution in [0, 0.1) is 5.82 Å². The molecule has 1 aromatic rings. The molecule has 0 fully saturated rings. The molecule has 0 atom stereocenters. The fourth-order valence-electron chi connectivity index (χ4n) is 0.778. The van der Waals surface area contributed by atoms with E-state index in [9.17, 15) is 4.39 Å². The third kappa shape index (κ3) is 3.51. The lowest BCUT2D eigenvalue weighted by atomic mass is 10.2. The van der Waals surface area contributed by atoms with Gasteiger partial charge in [0.25, 0.3) is 0 Å². The third-order valence-corrected chi connectivity index (χ3v) is 1.32. The van der Waals surface area contributed by atoms with Gasteiger partial charge in [-0.3, -0.25) is 0 Å². The molecule has 0 amide bonds. The van der Waals surface area contributed by atoms with Gasteiger partial charge in [-0.2, -0.15) is 0 Å². The van der Waals surface area contributed by atoms with E-state index in [1.54, 1.807) is 12.1 Å². The van der Waals surface area contributed by atoms with E-state index in [-0.39, 0.29) is 18.2 Å². The average Bonchev–Trinajstić information content (AvgIpc) is 2.04. The molecule has 0 aromatic heterocycles. The van der Waals surface area contributed by atoms with E-state index in [4.69, 9.17) is 5.73 Å². The molecule has 0 radical (unpaired) electrons. The predicted molar refractivity (Wildman–Crippen MR) is 51.7 cm³/mol. The maximum Gasteiger partial charge on any atom is 0.123 e. The molecule has 0 aliphatic carbocycles. The second kappa shape index (κ2) is 5.75. The number of hydrogen-bond acceptors (Lipinski definition) is 1. The Morgan fingerprint density at radius 3 is 2.33 bits per heavy atom. The van der Waals surface area contributed by atoms with Crippen molar-refractivity contribution >= 4 is 18.5 Å². The molecule has 1 rings (SSSR count). The van der Waals surface area contributed by atoms with Crippen molar-refractivity contribution in [2.24, 2.45) is 5.73 Å². The lowest BCUT2D eigenvalue weighted by molar-refractivity contribution is 0.628. The van der Waals surface area contributed by atoms with Crippen molar-refractivity contribution in [1.29, 1.82) is 0 Å². The van der Waals surface area contributed by atoms with Crippen molar-refractivity contribution in [1.82, 2.24) is 0 Å². The Hall–Kier alpha value is -0.860. The second-order valence-corrected chi connectivity index (χ2v) is 2.19. The molecule has 66 valence electrons. The Balaban J connectivity index is 0.00000121. The molecule has 0 saturated carbocycles. The van der Waals surface area contributed by atoms with E-state index in [1.807, 2.05) is 12.2 Å². The van der Waals surface area contributed by atoms with Gasteiger partial charge >= 0.3 is 0 Å². The second-order valence-electron chi connectivity index (χ2n) is 2.19. The summed E-state index contributed by atoms with van der Waals surface area (Å²) in [6, 6.07) is 6.27. The molecule has 0 aliphatic heterocycles. The van der Waals surface area contributed by atoms with Gasteiger partial charge in [0.1, 0.15) is 5.82 Å². The minimum Gasteiger partial charge on any atom is -0.327 e. The number of halogens is 2. The first kappa shape index (κ1) is 11.1. The summed E-state index contributed by atoms with van der Waals surface area (Å²) >= 11 is 0. The van der Waals surface area contributed by atoms with Gasteiger partial charge in [-0.15, -0.1) is 12.4 Å². The highest BCUT2D eigenvalue weighted by Crippen LogP contribution is 2.03. The van der Waals surface area contributed by atoms with Gasteiger partial charge < -0.3 is 5.73 Å². The Bertz CT molecular complexity index is 243. The summed E-state index contributed by atoms with van der Waals surface area (Å²) < 4.78 is 12.4. The topological polar surface area (TPSA) is 26.0 Å². The molecule has 0 aliphatic rings. The Kier molecular flexibility index (Phi) is 5.34. The fraction of sp³-hybridized carbons (Fsp3) is 0.111. The molecular weight excluding hydrogens is 177 g/mol. The van der Waals surface area contributed by atoms with Crippen molar-refractivity contribution < 1.29 is 4.39 Å². The first-order chi connectivity index (χ1) is 5.33. The zero-order chi connectivity index (χ0) is 8.10. The third-order valence-electron chi connectivity index (χ3n) is 1.32. The van der Waals surface area contributed by atoms with Crippen molar-refractivity contribution in [2.45, 2.75) is 0 Å². The minimum absolute atomic E-state index is 0. The van der Waals surface area contributed by atoms with E-state index in [0.717, 1.165) is 5.56 Å². The molecular formula is C9H11ClFN.